The van der Waals surface area contributed by atoms with E-state index in [0.29, 0.717) is 19.1 Å². The molecule has 0 aliphatic carbocycles. The average molecular weight is 300 g/mol. The van der Waals surface area contributed by atoms with E-state index in [4.69, 9.17) is 21.1 Å². The summed E-state index contributed by atoms with van der Waals surface area (Å²) in [5, 5.41) is 3.93. The number of hydrogen-bond acceptors (Lipinski definition) is 3. The minimum Gasteiger partial charge on any atom is -0.491 e. The maximum Gasteiger partial charge on any atom is 0.124 e. The van der Waals surface area contributed by atoms with Crippen molar-refractivity contribution in [3.8, 4) is 5.75 Å². The van der Waals surface area contributed by atoms with Crippen LogP contribution in [0, 0.1) is 5.92 Å². The molecule has 4 heteroatoms. The van der Waals surface area contributed by atoms with Crippen molar-refractivity contribution in [2.75, 3.05) is 26.9 Å². The van der Waals surface area contributed by atoms with Gasteiger partial charge in [-0.2, -0.15) is 0 Å². The van der Waals surface area contributed by atoms with Gasteiger partial charge in [0, 0.05) is 23.2 Å². The predicted octanol–water partition coefficient (Wildman–Crippen LogP) is 4.06. The molecule has 0 heterocycles. The largest absolute Gasteiger partial charge is 0.491 e. The van der Waals surface area contributed by atoms with Gasteiger partial charge in [-0.3, -0.25) is 0 Å². The van der Waals surface area contributed by atoms with Crippen LogP contribution in [0.2, 0.25) is 5.02 Å². The van der Waals surface area contributed by atoms with Crippen LogP contribution in [0.4, 0.5) is 0 Å². The molecule has 0 saturated carbocycles. The van der Waals surface area contributed by atoms with E-state index in [1.807, 2.05) is 25.2 Å². The Hall–Kier alpha value is -0.770. The number of rotatable bonds is 9. The van der Waals surface area contributed by atoms with Crippen molar-refractivity contribution in [2.45, 2.75) is 33.2 Å². The topological polar surface area (TPSA) is 30.5 Å². The van der Waals surface area contributed by atoms with Gasteiger partial charge in [0.25, 0.3) is 0 Å². The lowest BCUT2D eigenvalue weighted by Crippen LogP contribution is -2.15. The molecular formula is C16H26ClNO2. The standard InChI is InChI=1S/C16H26ClNO2/c1-12(2)7-8-19-9-10-20-16-6-5-14(17)11-15(16)13(3)18-4/h5-6,11-13,18H,7-10H2,1-4H3. The van der Waals surface area contributed by atoms with Crippen molar-refractivity contribution in [2.24, 2.45) is 5.92 Å². The van der Waals surface area contributed by atoms with Crippen LogP contribution in [0.3, 0.4) is 0 Å². The zero-order valence-corrected chi connectivity index (χ0v) is 13.7. The number of benzene rings is 1. The first-order valence-electron chi connectivity index (χ1n) is 7.21. The molecule has 1 N–H and O–H groups in total. The molecule has 1 rings (SSSR count). The van der Waals surface area contributed by atoms with Gasteiger partial charge >= 0.3 is 0 Å². The molecule has 114 valence electrons. The number of ether oxygens (including phenoxy) is 2. The molecule has 0 radical (unpaired) electrons. The zero-order valence-electron chi connectivity index (χ0n) is 12.9. The van der Waals surface area contributed by atoms with Gasteiger partial charge in [-0.1, -0.05) is 25.4 Å². The Morgan fingerprint density at radius 1 is 1.15 bits per heavy atom. The second-order valence-corrected chi connectivity index (χ2v) is 5.77. The number of halogens is 1. The van der Waals surface area contributed by atoms with E-state index >= 15 is 0 Å². The summed E-state index contributed by atoms with van der Waals surface area (Å²) in [6.45, 7) is 8.43. The van der Waals surface area contributed by atoms with Crippen molar-refractivity contribution in [3.05, 3.63) is 28.8 Å². The van der Waals surface area contributed by atoms with Gasteiger partial charge in [0.2, 0.25) is 0 Å². The van der Waals surface area contributed by atoms with Crippen molar-refractivity contribution in [1.29, 1.82) is 0 Å². The highest BCUT2D eigenvalue weighted by molar-refractivity contribution is 6.30. The molecule has 3 nitrogen and oxygen atoms in total. The normalized spacial score (nSPS) is 12.7. The smallest absolute Gasteiger partial charge is 0.124 e. The molecule has 0 aliphatic rings. The molecule has 1 aromatic rings. The van der Waals surface area contributed by atoms with Crippen LogP contribution in [0.25, 0.3) is 0 Å². The van der Waals surface area contributed by atoms with Crippen LogP contribution < -0.4 is 10.1 Å². The third-order valence-electron chi connectivity index (χ3n) is 3.20. The van der Waals surface area contributed by atoms with Gasteiger partial charge in [-0.05, 0) is 44.5 Å². The highest BCUT2D eigenvalue weighted by Crippen LogP contribution is 2.28. The second-order valence-electron chi connectivity index (χ2n) is 5.34. The lowest BCUT2D eigenvalue weighted by Gasteiger charge is -2.17. The minimum atomic E-state index is 0.200. The van der Waals surface area contributed by atoms with Crippen LogP contribution in [0.5, 0.6) is 5.75 Å². The van der Waals surface area contributed by atoms with Gasteiger partial charge in [-0.15, -0.1) is 0 Å². The van der Waals surface area contributed by atoms with Crippen LogP contribution in [-0.2, 0) is 4.74 Å². The molecule has 1 atom stereocenters. The first-order chi connectivity index (χ1) is 9.54. The number of hydrogen-bond donors (Lipinski definition) is 1. The summed E-state index contributed by atoms with van der Waals surface area (Å²) in [7, 11) is 1.92. The summed E-state index contributed by atoms with van der Waals surface area (Å²) in [5.41, 5.74) is 1.07. The molecule has 20 heavy (non-hydrogen) atoms. The van der Waals surface area contributed by atoms with Gasteiger partial charge in [0.05, 0.1) is 6.61 Å². The summed E-state index contributed by atoms with van der Waals surface area (Å²) < 4.78 is 11.3. The van der Waals surface area contributed by atoms with Crippen molar-refractivity contribution >= 4 is 11.6 Å². The lowest BCUT2D eigenvalue weighted by atomic mass is 10.1. The van der Waals surface area contributed by atoms with Gasteiger partial charge in [-0.25, -0.2) is 0 Å². The van der Waals surface area contributed by atoms with E-state index in [1.165, 1.54) is 0 Å². The van der Waals surface area contributed by atoms with Gasteiger partial charge in [0.15, 0.2) is 0 Å². The SMILES string of the molecule is CNC(C)c1cc(Cl)ccc1OCCOCCC(C)C. The molecular weight excluding hydrogens is 274 g/mol. The molecule has 0 spiro atoms. The second kappa shape index (κ2) is 9.22. The Morgan fingerprint density at radius 3 is 2.55 bits per heavy atom. The maximum atomic E-state index is 6.04. The van der Waals surface area contributed by atoms with E-state index in [0.717, 1.165) is 29.4 Å². The molecule has 0 fully saturated rings. The molecule has 0 bridgehead atoms. The predicted molar refractivity (Wildman–Crippen MR) is 84.7 cm³/mol. The van der Waals surface area contributed by atoms with Crippen molar-refractivity contribution in [3.63, 3.8) is 0 Å². The molecule has 1 aromatic carbocycles. The third kappa shape index (κ3) is 6.12. The van der Waals surface area contributed by atoms with E-state index in [-0.39, 0.29) is 6.04 Å². The Balaban J connectivity index is 2.43. The third-order valence-corrected chi connectivity index (χ3v) is 3.43. The molecule has 0 amide bonds. The molecule has 0 aliphatic heterocycles. The van der Waals surface area contributed by atoms with Crippen LogP contribution in [0.15, 0.2) is 18.2 Å². The minimum absolute atomic E-state index is 0.200. The quantitative estimate of drug-likeness (QED) is 0.698. The molecule has 0 aromatic heterocycles. The van der Waals surface area contributed by atoms with Crippen LogP contribution >= 0.6 is 11.6 Å². The first kappa shape index (κ1) is 17.3. The Bertz CT molecular complexity index is 396. The Labute approximate surface area is 127 Å². The summed E-state index contributed by atoms with van der Waals surface area (Å²) in [6.07, 6.45) is 1.09. The van der Waals surface area contributed by atoms with Gasteiger partial charge in [0.1, 0.15) is 12.4 Å². The van der Waals surface area contributed by atoms with E-state index in [2.05, 4.69) is 26.1 Å². The van der Waals surface area contributed by atoms with E-state index in [1.54, 1.807) is 0 Å². The fraction of sp³-hybridized carbons (Fsp3) is 0.625. The summed E-state index contributed by atoms with van der Waals surface area (Å²) >= 11 is 6.04. The fourth-order valence-electron chi connectivity index (χ4n) is 1.78. The summed E-state index contributed by atoms with van der Waals surface area (Å²) in [6, 6.07) is 5.91. The van der Waals surface area contributed by atoms with Crippen LogP contribution in [-0.4, -0.2) is 26.9 Å². The number of nitrogens with one attached hydrogen (secondary N) is 1. The molecule has 0 saturated heterocycles. The van der Waals surface area contributed by atoms with Gasteiger partial charge < -0.3 is 14.8 Å². The average Bonchev–Trinajstić information content (AvgIpc) is 2.42. The summed E-state index contributed by atoms with van der Waals surface area (Å²) in [4.78, 5) is 0. The monoisotopic (exact) mass is 299 g/mol. The first-order valence-corrected chi connectivity index (χ1v) is 7.59. The lowest BCUT2D eigenvalue weighted by molar-refractivity contribution is 0.0921. The Morgan fingerprint density at radius 2 is 1.90 bits per heavy atom. The Kier molecular flexibility index (Phi) is 7.97. The highest BCUT2D eigenvalue weighted by atomic mass is 35.5. The van der Waals surface area contributed by atoms with E-state index in [9.17, 15) is 0 Å². The van der Waals surface area contributed by atoms with Crippen LogP contribution in [0.1, 0.15) is 38.8 Å². The maximum absolute atomic E-state index is 6.04. The fourth-order valence-corrected chi connectivity index (χ4v) is 1.96. The van der Waals surface area contributed by atoms with Crippen molar-refractivity contribution < 1.29 is 9.47 Å². The summed E-state index contributed by atoms with van der Waals surface area (Å²) in [5.74, 6) is 1.54. The van der Waals surface area contributed by atoms with E-state index < -0.39 is 0 Å². The zero-order chi connectivity index (χ0) is 15.0. The highest BCUT2D eigenvalue weighted by Gasteiger charge is 2.10. The molecule has 1 unspecified atom stereocenters. The van der Waals surface area contributed by atoms with Crippen molar-refractivity contribution in [1.82, 2.24) is 5.32 Å².